The predicted molar refractivity (Wildman–Crippen MR) is 177 cm³/mol. The van der Waals surface area contributed by atoms with Crippen molar-refractivity contribution in [1.82, 2.24) is 13.9 Å². The summed E-state index contributed by atoms with van der Waals surface area (Å²) in [4.78, 5) is 29.7. The Morgan fingerprint density at radius 1 is 0.891 bits per heavy atom. The summed E-state index contributed by atoms with van der Waals surface area (Å²) in [6, 6.07) is 9.50. The van der Waals surface area contributed by atoms with Gasteiger partial charge < -0.3 is 14.2 Å². The summed E-state index contributed by atoms with van der Waals surface area (Å²) in [5.41, 5.74) is -1.15. The largest absolute Gasteiger partial charge is 0.369 e. The SMILES string of the molecule is COCOC1CCC2(C)C3CCC4(C)C(C(C)C5OC5C(C)C(C)C)CCC4C34C=CC2(C1)n1c(=O)n(-c2ccccc2)c(=O)n14. The van der Waals surface area contributed by atoms with Crippen molar-refractivity contribution >= 4 is 0 Å². The first-order valence-corrected chi connectivity index (χ1v) is 18.0. The van der Waals surface area contributed by atoms with E-state index in [0.717, 1.165) is 38.5 Å². The summed E-state index contributed by atoms with van der Waals surface area (Å²) < 4.78 is 23.3. The smallest absolute Gasteiger partial charge is 0.352 e. The Morgan fingerprint density at radius 2 is 1.63 bits per heavy atom. The average molecular weight is 632 g/mol. The van der Waals surface area contributed by atoms with Gasteiger partial charge in [-0.25, -0.2) is 23.5 Å². The highest BCUT2D eigenvalue weighted by molar-refractivity contribution is 5.38. The van der Waals surface area contributed by atoms with E-state index in [0.29, 0.717) is 48.0 Å². The fourth-order valence-electron chi connectivity index (χ4n) is 12.2. The number of nitrogens with zero attached hydrogens (tertiary/aromatic N) is 3. The van der Waals surface area contributed by atoms with Crippen LogP contribution in [0.2, 0.25) is 0 Å². The maximum Gasteiger partial charge on any atom is 0.352 e. The van der Waals surface area contributed by atoms with Gasteiger partial charge >= 0.3 is 11.4 Å². The molecule has 4 fully saturated rings. The molecule has 4 heterocycles. The zero-order chi connectivity index (χ0) is 32.4. The van der Waals surface area contributed by atoms with Crippen molar-refractivity contribution in [2.24, 2.45) is 46.3 Å². The minimum atomic E-state index is -0.645. The lowest BCUT2D eigenvalue weighted by molar-refractivity contribution is -0.210. The molecule has 2 spiro atoms. The number of rotatable bonds is 8. The normalized spacial score (nSPS) is 43.1. The molecule has 4 aliphatic carbocycles. The third kappa shape index (κ3) is 3.72. The maximum absolute atomic E-state index is 14.9. The highest BCUT2D eigenvalue weighted by Crippen LogP contribution is 2.74. The van der Waals surface area contributed by atoms with E-state index in [1.54, 1.807) is 7.11 Å². The number of allylic oxidation sites excluding steroid dienone is 2. The molecule has 3 saturated carbocycles. The number of epoxide rings is 1. The molecule has 9 rings (SSSR count). The predicted octanol–water partition coefficient (Wildman–Crippen LogP) is 6.09. The molecule has 12 unspecified atom stereocenters. The van der Waals surface area contributed by atoms with E-state index < -0.39 is 11.1 Å². The highest BCUT2D eigenvalue weighted by Gasteiger charge is 2.75. The summed E-state index contributed by atoms with van der Waals surface area (Å²) in [5.74, 6) is 2.65. The third-order valence-electron chi connectivity index (χ3n) is 14.8. The first-order chi connectivity index (χ1) is 22.0. The summed E-state index contributed by atoms with van der Waals surface area (Å²) >= 11 is 0. The third-order valence-corrected chi connectivity index (χ3v) is 14.8. The maximum atomic E-state index is 14.9. The van der Waals surface area contributed by atoms with Gasteiger partial charge in [0.25, 0.3) is 0 Å². The lowest BCUT2D eigenvalue weighted by Crippen LogP contribution is -2.76. The Hall–Kier alpha value is -2.42. The van der Waals surface area contributed by atoms with Crippen LogP contribution in [0.4, 0.5) is 0 Å². The van der Waals surface area contributed by atoms with Crippen LogP contribution in [0, 0.1) is 46.3 Å². The number of hydrogen-bond donors (Lipinski definition) is 0. The standard InChI is InChI=1S/C38H53N3O5/c1-23(2)24(3)31-32(46-31)25(4)28-13-14-29-35(28,5)17-16-30-36(6)18-15-27(45-22-44-7)21-37(36)19-20-38(29,30)41-34(43)39(33(42)40(37)41)26-11-9-8-10-12-26/h8-12,19-20,23-25,27-32H,13-18,21-22H2,1-7H3. The molecule has 8 heteroatoms. The van der Waals surface area contributed by atoms with Crippen LogP contribution in [-0.4, -0.2) is 46.1 Å². The lowest BCUT2D eigenvalue weighted by atomic mass is 9.40. The minimum Gasteiger partial charge on any atom is -0.369 e. The van der Waals surface area contributed by atoms with E-state index >= 15 is 0 Å². The van der Waals surface area contributed by atoms with Crippen molar-refractivity contribution in [3.63, 3.8) is 0 Å². The molecule has 1 aromatic heterocycles. The Labute approximate surface area is 273 Å². The van der Waals surface area contributed by atoms with E-state index in [9.17, 15) is 9.59 Å². The summed E-state index contributed by atoms with van der Waals surface area (Å²) in [5, 5.41) is 0. The average Bonchev–Trinajstić information content (AvgIpc) is 3.68. The number of para-hydroxylation sites is 1. The zero-order valence-corrected chi connectivity index (χ0v) is 28.8. The number of fused-ring (bicyclic) bond motifs is 1. The van der Waals surface area contributed by atoms with Crippen LogP contribution >= 0.6 is 0 Å². The number of aromatic nitrogens is 3. The van der Waals surface area contributed by atoms with Crippen molar-refractivity contribution in [3.05, 3.63) is 63.5 Å². The van der Waals surface area contributed by atoms with Gasteiger partial charge in [0.05, 0.1) is 35.1 Å². The molecule has 3 aliphatic heterocycles. The number of methoxy groups -OCH3 is 1. The van der Waals surface area contributed by atoms with Crippen LogP contribution in [0.15, 0.2) is 52.1 Å². The molecule has 2 bridgehead atoms. The van der Waals surface area contributed by atoms with E-state index in [1.165, 1.54) is 4.57 Å². The molecule has 0 N–H and O–H groups in total. The molecule has 0 radical (unpaired) electrons. The molecule has 8 nitrogen and oxygen atoms in total. The van der Waals surface area contributed by atoms with Crippen LogP contribution in [-0.2, 0) is 25.3 Å². The van der Waals surface area contributed by atoms with Crippen LogP contribution in [0.1, 0.15) is 86.5 Å². The van der Waals surface area contributed by atoms with Crippen LogP contribution in [0.25, 0.3) is 5.69 Å². The minimum absolute atomic E-state index is 0.0411. The molecular weight excluding hydrogens is 578 g/mol. The molecule has 2 aromatic rings. The quantitative estimate of drug-likeness (QED) is 0.200. The zero-order valence-electron chi connectivity index (χ0n) is 28.8. The molecule has 1 aromatic carbocycles. The van der Waals surface area contributed by atoms with Crippen molar-refractivity contribution in [2.75, 3.05) is 13.9 Å². The lowest BCUT2D eigenvalue weighted by Gasteiger charge is -2.71. The van der Waals surface area contributed by atoms with Gasteiger partial charge in [-0.3, -0.25) is 0 Å². The number of benzene rings is 1. The van der Waals surface area contributed by atoms with Gasteiger partial charge in [0.1, 0.15) is 6.79 Å². The van der Waals surface area contributed by atoms with E-state index in [4.69, 9.17) is 14.2 Å². The second kappa shape index (κ2) is 10.3. The van der Waals surface area contributed by atoms with Gasteiger partial charge in [-0.2, -0.15) is 0 Å². The van der Waals surface area contributed by atoms with E-state index in [2.05, 4.69) is 53.7 Å². The van der Waals surface area contributed by atoms with Crippen LogP contribution < -0.4 is 11.4 Å². The van der Waals surface area contributed by atoms with E-state index in [-0.39, 0.29) is 46.9 Å². The fraction of sp³-hybridized carbons (Fsp3) is 0.737. The highest BCUT2D eigenvalue weighted by atomic mass is 16.7. The first kappa shape index (κ1) is 30.9. The van der Waals surface area contributed by atoms with Gasteiger partial charge in [-0.1, -0.05) is 71.9 Å². The van der Waals surface area contributed by atoms with Crippen LogP contribution in [0.3, 0.4) is 0 Å². The second-order valence-corrected chi connectivity index (χ2v) is 16.7. The van der Waals surface area contributed by atoms with Crippen molar-refractivity contribution in [1.29, 1.82) is 0 Å². The van der Waals surface area contributed by atoms with Crippen molar-refractivity contribution in [3.8, 4) is 5.69 Å². The van der Waals surface area contributed by atoms with Gasteiger partial charge in [-0.15, -0.1) is 0 Å². The molecule has 7 aliphatic rings. The van der Waals surface area contributed by atoms with Gasteiger partial charge in [0.15, 0.2) is 0 Å². The Balaban J connectivity index is 1.28. The molecule has 12 atom stereocenters. The second-order valence-electron chi connectivity index (χ2n) is 16.7. The summed E-state index contributed by atoms with van der Waals surface area (Å²) in [7, 11) is 1.65. The summed E-state index contributed by atoms with van der Waals surface area (Å²) in [6.45, 7) is 14.5. The Bertz CT molecular complexity index is 1660. The molecule has 0 amide bonds. The van der Waals surface area contributed by atoms with Crippen molar-refractivity contribution in [2.45, 2.75) is 116 Å². The summed E-state index contributed by atoms with van der Waals surface area (Å²) in [6.07, 6.45) is 12.3. The topological polar surface area (TPSA) is 79.9 Å². The van der Waals surface area contributed by atoms with Crippen molar-refractivity contribution < 1.29 is 14.2 Å². The van der Waals surface area contributed by atoms with Gasteiger partial charge in [0.2, 0.25) is 0 Å². The fourth-order valence-corrected chi connectivity index (χ4v) is 12.2. The first-order valence-electron chi connectivity index (χ1n) is 18.0. The van der Waals surface area contributed by atoms with Gasteiger partial charge in [-0.05, 0) is 91.6 Å². The number of hydrogen-bond acceptors (Lipinski definition) is 5. The molecule has 250 valence electrons. The van der Waals surface area contributed by atoms with Crippen LogP contribution in [0.5, 0.6) is 0 Å². The van der Waals surface area contributed by atoms with Gasteiger partial charge in [0, 0.05) is 18.9 Å². The monoisotopic (exact) mass is 631 g/mol. The Morgan fingerprint density at radius 3 is 2.35 bits per heavy atom. The molecule has 1 saturated heterocycles. The molecular formula is C38H53N3O5. The number of ether oxygens (including phenoxy) is 3. The molecule has 46 heavy (non-hydrogen) atoms. The Kier molecular flexibility index (Phi) is 6.91. The van der Waals surface area contributed by atoms with E-state index in [1.807, 2.05) is 39.7 Å².